The van der Waals surface area contributed by atoms with Crippen LogP contribution >= 0.6 is 0 Å². The Hall–Kier alpha value is -4.65. The van der Waals surface area contributed by atoms with Crippen LogP contribution in [0.25, 0.3) is 11.0 Å². The number of carboxylic acids is 1. The zero-order valence-electron chi connectivity index (χ0n) is 18.9. The standard InChI is InChI=1S/C26H19F3N4O3/c1-15(17-7-9-18(10-8-17)25(35)36)32-24(34)23-20(13-30)22-21(6-3-11-31-22)33(23)14-16-4-2-5-19(12-16)26(27,28)29/h2-12,15H,14H2,1H3,(H,32,34)(H,35,36). The number of halogens is 3. The first-order valence-electron chi connectivity index (χ1n) is 10.8. The molecule has 10 heteroatoms. The number of amides is 1. The molecule has 182 valence electrons. The topological polar surface area (TPSA) is 108 Å². The van der Waals surface area contributed by atoms with Gasteiger partial charge in [0.1, 0.15) is 22.8 Å². The number of aromatic carboxylic acids is 1. The highest BCUT2D eigenvalue weighted by molar-refractivity contribution is 6.02. The second kappa shape index (κ2) is 9.54. The Bertz CT molecular complexity index is 1500. The molecule has 1 amide bonds. The summed E-state index contributed by atoms with van der Waals surface area (Å²) < 4.78 is 41.2. The van der Waals surface area contributed by atoms with Gasteiger partial charge in [-0.3, -0.25) is 9.78 Å². The molecule has 7 nitrogen and oxygen atoms in total. The molecule has 0 saturated heterocycles. The lowest BCUT2D eigenvalue weighted by Crippen LogP contribution is -2.29. The average Bonchev–Trinajstić information content (AvgIpc) is 3.17. The molecular formula is C26H19F3N4O3. The fourth-order valence-corrected chi connectivity index (χ4v) is 3.97. The van der Waals surface area contributed by atoms with E-state index in [1.807, 2.05) is 6.07 Å². The van der Waals surface area contributed by atoms with Crippen molar-refractivity contribution in [1.29, 1.82) is 5.26 Å². The van der Waals surface area contributed by atoms with Gasteiger partial charge in [-0.05, 0) is 54.4 Å². The highest BCUT2D eigenvalue weighted by atomic mass is 19.4. The maximum Gasteiger partial charge on any atom is 0.416 e. The lowest BCUT2D eigenvalue weighted by molar-refractivity contribution is -0.137. The number of nitrogens with one attached hydrogen (secondary N) is 1. The van der Waals surface area contributed by atoms with Gasteiger partial charge in [-0.15, -0.1) is 0 Å². The highest BCUT2D eigenvalue weighted by Gasteiger charge is 2.31. The van der Waals surface area contributed by atoms with Crippen molar-refractivity contribution in [2.24, 2.45) is 0 Å². The summed E-state index contributed by atoms with van der Waals surface area (Å²) in [5.41, 5.74) is 0.856. The third-order valence-corrected chi connectivity index (χ3v) is 5.75. The smallest absolute Gasteiger partial charge is 0.416 e. The largest absolute Gasteiger partial charge is 0.478 e. The molecule has 0 spiro atoms. The van der Waals surface area contributed by atoms with Crippen LogP contribution in [-0.2, 0) is 12.7 Å². The van der Waals surface area contributed by atoms with E-state index < -0.39 is 29.7 Å². The van der Waals surface area contributed by atoms with Crippen molar-refractivity contribution < 1.29 is 27.9 Å². The predicted molar refractivity (Wildman–Crippen MR) is 124 cm³/mol. The summed E-state index contributed by atoms with van der Waals surface area (Å²) in [7, 11) is 0. The normalized spacial score (nSPS) is 12.2. The minimum atomic E-state index is -4.53. The van der Waals surface area contributed by atoms with Gasteiger partial charge in [-0.2, -0.15) is 18.4 Å². The summed E-state index contributed by atoms with van der Waals surface area (Å²) >= 11 is 0. The minimum absolute atomic E-state index is 0.00324. The Morgan fingerprint density at radius 1 is 1.14 bits per heavy atom. The van der Waals surface area contributed by atoms with E-state index in [9.17, 15) is 28.0 Å². The van der Waals surface area contributed by atoms with Crippen molar-refractivity contribution in [1.82, 2.24) is 14.9 Å². The number of aromatic nitrogens is 2. The molecule has 0 bridgehead atoms. The number of alkyl halides is 3. The number of nitrogens with zero attached hydrogens (tertiary/aromatic N) is 3. The molecule has 4 rings (SSSR count). The first-order chi connectivity index (χ1) is 17.1. The summed E-state index contributed by atoms with van der Waals surface area (Å²) in [6.07, 6.45) is -3.06. The molecule has 0 aliphatic carbocycles. The number of carboxylic acid groups (broad SMARTS) is 1. The molecule has 0 aliphatic rings. The van der Waals surface area contributed by atoms with Gasteiger partial charge in [0.05, 0.1) is 22.7 Å². The van der Waals surface area contributed by atoms with Gasteiger partial charge in [-0.1, -0.05) is 24.3 Å². The summed E-state index contributed by atoms with van der Waals surface area (Å²) in [5.74, 6) is -1.70. The lowest BCUT2D eigenvalue weighted by atomic mass is 10.1. The van der Waals surface area contributed by atoms with E-state index in [1.54, 1.807) is 31.2 Å². The molecule has 0 saturated carbocycles. The summed E-state index contributed by atoms with van der Waals surface area (Å²) in [6, 6.07) is 15.4. The molecule has 4 aromatic rings. The maximum absolute atomic E-state index is 13.4. The van der Waals surface area contributed by atoms with Gasteiger partial charge < -0.3 is 15.0 Å². The van der Waals surface area contributed by atoms with E-state index in [0.29, 0.717) is 16.6 Å². The number of rotatable bonds is 6. The lowest BCUT2D eigenvalue weighted by Gasteiger charge is -2.17. The number of nitriles is 1. The van der Waals surface area contributed by atoms with Gasteiger partial charge in [0.25, 0.3) is 5.91 Å². The number of hydrogen-bond acceptors (Lipinski definition) is 4. The number of hydrogen-bond donors (Lipinski definition) is 2. The van der Waals surface area contributed by atoms with Crippen LogP contribution in [-0.4, -0.2) is 26.5 Å². The molecule has 2 N–H and O–H groups in total. The van der Waals surface area contributed by atoms with Crippen LogP contribution in [0.15, 0.2) is 66.9 Å². The molecule has 1 unspecified atom stereocenters. The van der Waals surface area contributed by atoms with Crippen LogP contribution in [0, 0.1) is 11.3 Å². The van der Waals surface area contributed by atoms with Gasteiger partial charge >= 0.3 is 12.1 Å². The van der Waals surface area contributed by atoms with Crippen molar-refractivity contribution in [2.75, 3.05) is 0 Å². The molecule has 2 aromatic heterocycles. The first kappa shape index (κ1) is 24.5. The maximum atomic E-state index is 13.4. The zero-order valence-corrected chi connectivity index (χ0v) is 18.9. The molecule has 2 heterocycles. The van der Waals surface area contributed by atoms with Crippen molar-refractivity contribution in [3.63, 3.8) is 0 Å². The molecule has 1 atom stereocenters. The van der Waals surface area contributed by atoms with Gasteiger partial charge in [0.15, 0.2) is 0 Å². The predicted octanol–water partition coefficient (Wildman–Crippen LogP) is 5.16. The van der Waals surface area contributed by atoms with Crippen molar-refractivity contribution in [3.05, 3.63) is 100 Å². The molecule has 36 heavy (non-hydrogen) atoms. The van der Waals surface area contributed by atoms with Crippen LogP contribution in [0.3, 0.4) is 0 Å². The number of benzene rings is 2. The summed E-state index contributed by atoms with van der Waals surface area (Å²) in [5, 5.41) is 21.7. The van der Waals surface area contributed by atoms with Gasteiger partial charge in [0, 0.05) is 12.7 Å². The Kier molecular flexibility index (Phi) is 6.49. The molecule has 0 aliphatic heterocycles. The fraction of sp³-hybridized carbons (Fsp3) is 0.154. The van der Waals surface area contributed by atoms with E-state index in [4.69, 9.17) is 5.11 Å². The van der Waals surface area contributed by atoms with Gasteiger partial charge in [-0.25, -0.2) is 4.79 Å². The second-order valence-electron chi connectivity index (χ2n) is 8.11. The Labute approximate surface area is 203 Å². The monoisotopic (exact) mass is 492 g/mol. The number of fused-ring (bicyclic) bond motifs is 1. The zero-order chi connectivity index (χ0) is 26.0. The quantitative estimate of drug-likeness (QED) is 0.386. The molecular weight excluding hydrogens is 473 g/mol. The third-order valence-electron chi connectivity index (χ3n) is 5.75. The average molecular weight is 492 g/mol. The fourth-order valence-electron chi connectivity index (χ4n) is 3.97. The van der Waals surface area contributed by atoms with Crippen molar-refractivity contribution >= 4 is 22.9 Å². The molecule has 0 radical (unpaired) electrons. The Morgan fingerprint density at radius 3 is 2.50 bits per heavy atom. The Balaban J connectivity index is 1.74. The first-order valence-corrected chi connectivity index (χ1v) is 10.8. The van der Waals surface area contributed by atoms with Gasteiger partial charge in [0.2, 0.25) is 0 Å². The molecule has 2 aromatic carbocycles. The molecule has 0 fully saturated rings. The van der Waals surface area contributed by atoms with Crippen LogP contribution in [0.5, 0.6) is 0 Å². The number of pyridine rings is 1. The number of carbonyl (C=O) groups excluding carboxylic acids is 1. The van der Waals surface area contributed by atoms with E-state index in [0.717, 1.165) is 12.1 Å². The van der Waals surface area contributed by atoms with E-state index in [1.165, 1.54) is 35.0 Å². The SMILES string of the molecule is CC(NC(=O)c1c(C#N)c2ncccc2n1Cc1cccc(C(F)(F)F)c1)c1ccc(C(=O)O)cc1. The van der Waals surface area contributed by atoms with Crippen LogP contribution in [0.1, 0.15) is 56.1 Å². The van der Waals surface area contributed by atoms with Crippen LogP contribution in [0.4, 0.5) is 13.2 Å². The minimum Gasteiger partial charge on any atom is -0.478 e. The third kappa shape index (κ3) is 4.77. The highest BCUT2D eigenvalue weighted by Crippen LogP contribution is 2.31. The van der Waals surface area contributed by atoms with E-state index in [2.05, 4.69) is 10.3 Å². The number of carbonyl (C=O) groups is 2. The summed E-state index contributed by atoms with van der Waals surface area (Å²) in [4.78, 5) is 28.7. The van der Waals surface area contributed by atoms with E-state index >= 15 is 0 Å². The summed E-state index contributed by atoms with van der Waals surface area (Å²) in [6.45, 7) is 1.59. The van der Waals surface area contributed by atoms with E-state index in [-0.39, 0.29) is 28.9 Å². The van der Waals surface area contributed by atoms with Crippen molar-refractivity contribution in [3.8, 4) is 6.07 Å². The van der Waals surface area contributed by atoms with Crippen LogP contribution in [0.2, 0.25) is 0 Å². The Morgan fingerprint density at radius 2 is 1.86 bits per heavy atom. The van der Waals surface area contributed by atoms with Crippen molar-refractivity contribution in [2.45, 2.75) is 25.7 Å². The second-order valence-corrected chi connectivity index (χ2v) is 8.11. The van der Waals surface area contributed by atoms with Crippen LogP contribution < -0.4 is 5.32 Å².